The molecule has 0 spiro atoms. The van der Waals surface area contributed by atoms with Gasteiger partial charge in [-0.1, -0.05) is 30.3 Å². The van der Waals surface area contributed by atoms with Crippen molar-refractivity contribution in [1.29, 1.82) is 0 Å². The van der Waals surface area contributed by atoms with E-state index in [1.807, 2.05) is 23.1 Å². The van der Waals surface area contributed by atoms with Crippen LogP contribution < -0.4 is 0 Å². The summed E-state index contributed by atoms with van der Waals surface area (Å²) < 4.78 is 0. The van der Waals surface area contributed by atoms with Crippen molar-refractivity contribution in [3.63, 3.8) is 0 Å². The highest BCUT2D eigenvalue weighted by atomic mass is 16.3. The van der Waals surface area contributed by atoms with E-state index in [9.17, 15) is 9.59 Å². The Kier molecular flexibility index (Phi) is 5.93. The fourth-order valence-electron chi connectivity index (χ4n) is 2.91. The van der Waals surface area contributed by atoms with Gasteiger partial charge in [0, 0.05) is 37.6 Å². The number of aliphatic hydroxyl groups excluding tert-OH is 1. The molecular weight excluding hydrogens is 266 g/mol. The fraction of sp³-hybridized carbons (Fsp3) is 0.529. The molecule has 1 saturated heterocycles. The van der Waals surface area contributed by atoms with Crippen LogP contribution in [0.5, 0.6) is 0 Å². The van der Waals surface area contributed by atoms with Crippen molar-refractivity contribution in [2.24, 2.45) is 0 Å². The molecule has 0 aromatic heterocycles. The van der Waals surface area contributed by atoms with Gasteiger partial charge in [-0.15, -0.1) is 0 Å². The van der Waals surface area contributed by atoms with Gasteiger partial charge in [-0.05, 0) is 25.7 Å². The van der Waals surface area contributed by atoms with Crippen molar-refractivity contribution >= 4 is 11.7 Å². The number of amides is 1. The molecule has 4 heteroatoms. The van der Waals surface area contributed by atoms with Gasteiger partial charge in [0.25, 0.3) is 0 Å². The zero-order chi connectivity index (χ0) is 15.1. The zero-order valence-electron chi connectivity index (χ0n) is 12.3. The molecule has 2 rings (SSSR count). The number of aliphatic hydroxyl groups is 1. The molecule has 1 aliphatic rings. The molecule has 0 aliphatic carbocycles. The third-order valence-electron chi connectivity index (χ3n) is 4.07. The molecule has 1 fully saturated rings. The monoisotopic (exact) mass is 289 g/mol. The number of ketones is 1. The number of hydrogen-bond donors (Lipinski definition) is 1. The lowest BCUT2D eigenvalue weighted by atomic mass is 9.98. The highest BCUT2D eigenvalue weighted by Gasteiger charge is 2.26. The standard InChI is InChI=1S/C17H23NO3/c19-13-11-15-8-4-5-12-18(15)17(21)10-9-16(20)14-6-2-1-3-7-14/h1-3,6-7,15,19H,4-5,8-13H2. The average Bonchev–Trinajstić information content (AvgIpc) is 2.54. The molecule has 1 aromatic carbocycles. The summed E-state index contributed by atoms with van der Waals surface area (Å²) in [6.07, 6.45) is 4.23. The SMILES string of the molecule is O=C(CCC(=O)N1CCCCC1CCO)c1ccccc1. The largest absolute Gasteiger partial charge is 0.396 e. The molecular formula is C17H23NO3. The molecule has 1 heterocycles. The predicted octanol–water partition coefficient (Wildman–Crippen LogP) is 2.41. The molecule has 1 amide bonds. The smallest absolute Gasteiger partial charge is 0.223 e. The lowest BCUT2D eigenvalue weighted by Crippen LogP contribution is -2.44. The molecule has 0 radical (unpaired) electrons. The van der Waals surface area contributed by atoms with Gasteiger partial charge in [-0.3, -0.25) is 9.59 Å². The van der Waals surface area contributed by atoms with Gasteiger partial charge in [0.2, 0.25) is 5.91 Å². The normalized spacial score (nSPS) is 18.5. The second-order valence-electron chi connectivity index (χ2n) is 5.54. The van der Waals surface area contributed by atoms with Gasteiger partial charge in [0.05, 0.1) is 0 Å². The maximum Gasteiger partial charge on any atom is 0.223 e. The summed E-state index contributed by atoms with van der Waals surface area (Å²) in [6.45, 7) is 0.862. The summed E-state index contributed by atoms with van der Waals surface area (Å²) in [5.41, 5.74) is 0.663. The van der Waals surface area contributed by atoms with Gasteiger partial charge < -0.3 is 10.0 Å². The first kappa shape index (κ1) is 15.7. The number of nitrogens with zero attached hydrogens (tertiary/aromatic N) is 1. The van der Waals surface area contributed by atoms with Crippen LogP contribution >= 0.6 is 0 Å². The zero-order valence-corrected chi connectivity index (χ0v) is 12.3. The van der Waals surface area contributed by atoms with E-state index < -0.39 is 0 Å². The molecule has 0 saturated carbocycles. The molecule has 21 heavy (non-hydrogen) atoms. The highest BCUT2D eigenvalue weighted by molar-refractivity contribution is 5.97. The number of hydrogen-bond acceptors (Lipinski definition) is 3. The number of rotatable bonds is 6. The van der Waals surface area contributed by atoms with Crippen molar-refractivity contribution in [2.75, 3.05) is 13.2 Å². The van der Waals surface area contributed by atoms with Crippen molar-refractivity contribution in [1.82, 2.24) is 4.90 Å². The number of likely N-dealkylation sites (tertiary alicyclic amines) is 1. The topological polar surface area (TPSA) is 57.6 Å². The van der Waals surface area contributed by atoms with Crippen LogP contribution in [0.1, 0.15) is 48.9 Å². The molecule has 114 valence electrons. The maximum atomic E-state index is 12.3. The molecule has 1 aromatic rings. The van der Waals surface area contributed by atoms with E-state index in [1.165, 1.54) is 0 Å². The highest BCUT2D eigenvalue weighted by Crippen LogP contribution is 2.21. The molecule has 0 bridgehead atoms. The van der Waals surface area contributed by atoms with E-state index in [4.69, 9.17) is 5.11 Å². The molecule has 4 nitrogen and oxygen atoms in total. The Morgan fingerprint density at radius 1 is 1.14 bits per heavy atom. The lowest BCUT2D eigenvalue weighted by molar-refractivity contribution is -0.135. The van der Waals surface area contributed by atoms with Crippen LogP contribution in [0, 0.1) is 0 Å². The summed E-state index contributed by atoms with van der Waals surface area (Å²) in [5, 5.41) is 9.09. The summed E-state index contributed by atoms with van der Waals surface area (Å²) in [4.78, 5) is 26.2. The first-order valence-corrected chi connectivity index (χ1v) is 7.71. The summed E-state index contributed by atoms with van der Waals surface area (Å²) in [6, 6.07) is 9.23. The fourth-order valence-corrected chi connectivity index (χ4v) is 2.91. The minimum Gasteiger partial charge on any atom is -0.396 e. The first-order chi connectivity index (χ1) is 10.2. The van der Waals surface area contributed by atoms with Crippen LogP contribution in [0.2, 0.25) is 0 Å². The Balaban J connectivity index is 1.87. The van der Waals surface area contributed by atoms with Crippen LogP contribution in [0.3, 0.4) is 0 Å². The minimum absolute atomic E-state index is 0.0136. The van der Waals surface area contributed by atoms with Crippen molar-refractivity contribution in [2.45, 2.75) is 44.6 Å². The van der Waals surface area contributed by atoms with Crippen LogP contribution in [0.4, 0.5) is 0 Å². The first-order valence-electron chi connectivity index (χ1n) is 7.71. The number of Topliss-reactive ketones (excluding diaryl/α,β-unsaturated/α-hetero) is 1. The van der Waals surface area contributed by atoms with E-state index in [0.29, 0.717) is 12.0 Å². The molecule has 1 unspecified atom stereocenters. The predicted molar refractivity (Wildman–Crippen MR) is 81.1 cm³/mol. The quantitative estimate of drug-likeness (QED) is 0.818. The third-order valence-corrected chi connectivity index (χ3v) is 4.07. The van der Waals surface area contributed by atoms with Crippen LogP contribution in [0.25, 0.3) is 0 Å². The van der Waals surface area contributed by atoms with E-state index in [1.54, 1.807) is 12.1 Å². The van der Waals surface area contributed by atoms with E-state index in [0.717, 1.165) is 25.8 Å². The van der Waals surface area contributed by atoms with Crippen molar-refractivity contribution in [3.8, 4) is 0 Å². The Morgan fingerprint density at radius 2 is 1.90 bits per heavy atom. The van der Waals surface area contributed by atoms with Crippen LogP contribution in [0.15, 0.2) is 30.3 Å². The van der Waals surface area contributed by atoms with E-state index in [2.05, 4.69) is 0 Å². The molecule has 1 N–H and O–H groups in total. The van der Waals surface area contributed by atoms with Gasteiger partial charge in [0.1, 0.15) is 0 Å². The van der Waals surface area contributed by atoms with Gasteiger partial charge in [-0.25, -0.2) is 0 Å². The molecule has 1 aliphatic heterocycles. The van der Waals surface area contributed by atoms with Gasteiger partial charge in [0.15, 0.2) is 5.78 Å². The van der Waals surface area contributed by atoms with E-state index in [-0.39, 0.29) is 37.2 Å². The number of carbonyl (C=O) groups excluding carboxylic acids is 2. The van der Waals surface area contributed by atoms with Crippen molar-refractivity contribution < 1.29 is 14.7 Å². The number of carbonyl (C=O) groups is 2. The van der Waals surface area contributed by atoms with Crippen LogP contribution in [-0.2, 0) is 4.79 Å². The Hall–Kier alpha value is -1.68. The Labute approximate surface area is 125 Å². The van der Waals surface area contributed by atoms with Crippen molar-refractivity contribution in [3.05, 3.63) is 35.9 Å². The Morgan fingerprint density at radius 3 is 2.62 bits per heavy atom. The molecule has 1 atom stereocenters. The minimum atomic E-state index is 0.0136. The van der Waals surface area contributed by atoms with Gasteiger partial charge in [-0.2, -0.15) is 0 Å². The lowest BCUT2D eigenvalue weighted by Gasteiger charge is -2.35. The third kappa shape index (κ3) is 4.39. The second-order valence-corrected chi connectivity index (χ2v) is 5.54. The summed E-state index contributed by atoms with van der Waals surface area (Å²) in [7, 11) is 0. The number of piperidine rings is 1. The number of benzene rings is 1. The average molecular weight is 289 g/mol. The summed E-state index contributed by atoms with van der Waals surface area (Å²) >= 11 is 0. The summed E-state index contributed by atoms with van der Waals surface area (Å²) in [5.74, 6) is 0.0529. The van der Waals surface area contributed by atoms with Crippen LogP contribution in [-0.4, -0.2) is 40.9 Å². The second kappa shape index (κ2) is 7.93. The Bertz CT molecular complexity index is 470. The van der Waals surface area contributed by atoms with E-state index >= 15 is 0 Å². The van der Waals surface area contributed by atoms with Gasteiger partial charge >= 0.3 is 0 Å². The maximum absolute atomic E-state index is 12.3.